The van der Waals surface area contributed by atoms with Crippen molar-refractivity contribution in [1.29, 1.82) is 0 Å². The second-order valence-electron chi connectivity index (χ2n) is 18.6. The van der Waals surface area contributed by atoms with Gasteiger partial charge in [-0.1, -0.05) is 118 Å². The first kappa shape index (κ1) is 31.7. The van der Waals surface area contributed by atoms with E-state index in [1.807, 2.05) is 11.3 Å². The maximum Gasteiger partial charge on any atom is 0.0543 e. The second kappa shape index (κ2) is 11.0. The zero-order valence-electron chi connectivity index (χ0n) is 31.6. The van der Waals surface area contributed by atoms with E-state index in [1.165, 1.54) is 104 Å². The Morgan fingerprint density at radius 1 is 0.611 bits per heavy atom. The highest BCUT2D eigenvalue weighted by molar-refractivity contribution is 7.25. The molecule has 54 heavy (non-hydrogen) atoms. The summed E-state index contributed by atoms with van der Waals surface area (Å²) in [5.74, 6) is 3.44. The maximum atomic E-state index is 2.59. The van der Waals surface area contributed by atoms with Crippen molar-refractivity contribution in [2.24, 2.45) is 29.1 Å². The van der Waals surface area contributed by atoms with Gasteiger partial charge in [0.15, 0.2) is 0 Å². The molecule has 0 N–H and O–H groups in total. The Morgan fingerprint density at radius 3 is 2.17 bits per heavy atom. The molecule has 0 saturated heterocycles. The van der Waals surface area contributed by atoms with E-state index in [-0.39, 0.29) is 10.8 Å². The van der Waals surface area contributed by atoms with Gasteiger partial charge in [-0.25, -0.2) is 0 Å². The number of hydrogen-bond donors (Lipinski definition) is 0. The average Bonchev–Trinajstić information content (AvgIpc) is 3.82. The lowest BCUT2D eigenvalue weighted by molar-refractivity contribution is -0.0202. The number of thiophene rings is 1. The van der Waals surface area contributed by atoms with Crippen molar-refractivity contribution in [2.75, 3.05) is 4.90 Å². The molecule has 1 nitrogen and oxygen atoms in total. The summed E-state index contributed by atoms with van der Waals surface area (Å²) in [5.41, 5.74) is 14.7. The topological polar surface area (TPSA) is 3.24 Å². The molecule has 0 aliphatic heterocycles. The smallest absolute Gasteiger partial charge is 0.0543 e. The summed E-state index contributed by atoms with van der Waals surface area (Å²) in [6.07, 6.45) is 8.68. The number of anilines is 3. The van der Waals surface area contributed by atoms with E-state index < -0.39 is 0 Å². The molecule has 6 atom stereocenters. The van der Waals surface area contributed by atoms with Crippen molar-refractivity contribution in [2.45, 2.75) is 70.1 Å². The summed E-state index contributed by atoms with van der Waals surface area (Å²) in [4.78, 5) is 2.59. The molecule has 0 radical (unpaired) electrons. The van der Waals surface area contributed by atoms with Crippen LogP contribution in [0, 0.1) is 29.1 Å². The van der Waals surface area contributed by atoms with Crippen LogP contribution in [-0.2, 0) is 10.8 Å². The van der Waals surface area contributed by atoms with Gasteiger partial charge in [-0.2, -0.15) is 0 Å². The molecule has 0 amide bonds. The van der Waals surface area contributed by atoms with Crippen molar-refractivity contribution in [3.05, 3.63) is 150 Å². The number of nitrogens with zero attached hydrogens (tertiary/aromatic N) is 1. The van der Waals surface area contributed by atoms with E-state index in [0.717, 1.165) is 23.7 Å². The van der Waals surface area contributed by atoms with Crippen LogP contribution >= 0.6 is 11.3 Å². The highest BCUT2D eigenvalue weighted by Gasteiger charge is 2.75. The third kappa shape index (κ3) is 4.11. The van der Waals surface area contributed by atoms with Crippen molar-refractivity contribution < 1.29 is 0 Å². The second-order valence-corrected chi connectivity index (χ2v) is 19.7. The summed E-state index contributed by atoms with van der Waals surface area (Å²) < 4.78 is 2.70. The molecule has 6 aromatic carbocycles. The maximum absolute atomic E-state index is 2.59. The molecule has 12 rings (SSSR count). The first-order valence-corrected chi connectivity index (χ1v) is 21.3. The largest absolute Gasteiger partial charge is 0.310 e. The first-order chi connectivity index (χ1) is 26.3. The standard InChI is InChI=1S/C52H47NS/c1-50(2,3)35-21-16-33(17-22-35)34-18-23-38(24-19-34)53(39-25-26-47-42(29-39)40-9-5-7-14-46(40)54-47)45-13-8-12-44-49(45)41-10-4-6-11-43(41)52(44)36-20-15-32-27-37-28-48(52)51(37,30-32)31-36/h4-14,16-19,21-26,29,32,36-37,48H,15,20,27-28,30-31H2,1-3H3/t32?,36?,37-,48?,51?,52?/m1/s1. The Hall–Kier alpha value is -4.66. The molecule has 2 heteroatoms. The van der Waals surface area contributed by atoms with Gasteiger partial charge in [-0.15, -0.1) is 11.3 Å². The quantitative estimate of drug-likeness (QED) is 0.175. The van der Waals surface area contributed by atoms with Crippen LogP contribution in [0.2, 0.25) is 0 Å². The van der Waals surface area contributed by atoms with E-state index in [2.05, 4.69) is 159 Å². The summed E-state index contributed by atoms with van der Waals surface area (Å²) in [7, 11) is 0. The van der Waals surface area contributed by atoms with Crippen molar-refractivity contribution >= 4 is 48.6 Å². The molecular formula is C52H47NS. The predicted molar refractivity (Wildman–Crippen MR) is 228 cm³/mol. The Balaban J connectivity index is 1.06. The van der Waals surface area contributed by atoms with Gasteiger partial charge >= 0.3 is 0 Å². The molecule has 266 valence electrons. The molecule has 1 heterocycles. The van der Waals surface area contributed by atoms with Crippen LogP contribution in [0.25, 0.3) is 42.4 Å². The molecule has 5 unspecified atom stereocenters. The molecule has 3 bridgehead atoms. The van der Waals surface area contributed by atoms with Crippen molar-refractivity contribution in [3.8, 4) is 22.3 Å². The van der Waals surface area contributed by atoms with Crippen LogP contribution in [0.15, 0.2) is 133 Å². The van der Waals surface area contributed by atoms with Gasteiger partial charge in [0, 0.05) is 42.5 Å². The molecule has 1 aromatic heterocycles. The van der Waals surface area contributed by atoms with E-state index in [9.17, 15) is 0 Å². The van der Waals surface area contributed by atoms with Crippen LogP contribution in [0.3, 0.4) is 0 Å². The van der Waals surface area contributed by atoms with E-state index in [4.69, 9.17) is 0 Å². The zero-order valence-corrected chi connectivity index (χ0v) is 32.4. The van der Waals surface area contributed by atoms with E-state index >= 15 is 0 Å². The Morgan fingerprint density at radius 2 is 1.33 bits per heavy atom. The van der Waals surface area contributed by atoms with Crippen molar-refractivity contribution in [1.82, 2.24) is 0 Å². The van der Waals surface area contributed by atoms with Gasteiger partial charge in [0.2, 0.25) is 0 Å². The highest BCUT2D eigenvalue weighted by Crippen LogP contribution is 2.82. The predicted octanol–water partition coefficient (Wildman–Crippen LogP) is 14.6. The van der Waals surface area contributed by atoms with Gasteiger partial charge in [-0.05, 0) is 142 Å². The fourth-order valence-electron chi connectivity index (χ4n) is 13.1. The molecule has 5 aliphatic rings. The lowest BCUT2D eigenvalue weighted by Crippen LogP contribution is -2.50. The Kier molecular flexibility index (Phi) is 6.44. The highest BCUT2D eigenvalue weighted by atomic mass is 32.1. The number of hydrogen-bond acceptors (Lipinski definition) is 2. The van der Waals surface area contributed by atoms with Gasteiger partial charge in [-0.3, -0.25) is 0 Å². The van der Waals surface area contributed by atoms with Crippen LogP contribution in [-0.4, -0.2) is 0 Å². The number of rotatable bonds is 4. The Labute approximate surface area is 323 Å². The van der Waals surface area contributed by atoms with Crippen LogP contribution in [0.1, 0.15) is 76.0 Å². The van der Waals surface area contributed by atoms with Crippen LogP contribution in [0.5, 0.6) is 0 Å². The minimum atomic E-state index is 0.135. The van der Waals surface area contributed by atoms with Gasteiger partial charge < -0.3 is 4.90 Å². The molecule has 7 aromatic rings. The third-order valence-electron chi connectivity index (χ3n) is 15.3. The van der Waals surface area contributed by atoms with Crippen LogP contribution in [0.4, 0.5) is 17.1 Å². The number of fused-ring (bicyclic) bond motifs is 12. The van der Waals surface area contributed by atoms with E-state index in [0.29, 0.717) is 5.41 Å². The van der Waals surface area contributed by atoms with Gasteiger partial charge in [0.25, 0.3) is 0 Å². The summed E-state index contributed by atoms with van der Waals surface area (Å²) in [6, 6.07) is 51.7. The van der Waals surface area contributed by atoms with Crippen LogP contribution < -0.4 is 4.90 Å². The zero-order chi connectivity index (χ0) is 36.0. The minimum absolute atomic E-state index is 0.135. The average molecular weight is 718 g/mol. The summed E-state index contributed by atoms with van der Waals surface area (Å²) in [6.45, 7) is 6.86. The first-order valence-electron chi connectivity index (χ1n) is 20.5. The van der Waals surface area contributed by atoms with Gasteiger partial charge in [0.05, 0.1) is 5.69 Å². The normalized spacial score (nSPS) is 27.2. The molecule has 4 saturated carbocycles. The molecular weight excluding hydrogens is 671 g/mol. The monoisotopic (exact) mass is 717 g/mol. The number of benzene rings is 6. The molecule has 4 fully saturated rings. The van der Waals surface area contributed by atoms with E-state index in [1.54, 1.807) is 11.1 Å². The van der Waals surface area contributed by atoms with Gasteiger partial charge in [0.1, 0.15) is 0 Å². The fourth-order valence-corrected chi connectivity index (χ4v) is 14.2. The van der Waals surface area contributed by atoms with Crippen molar-refractivity contribution in [3.63, 3.8) is 0 Å². The molecule has 2 spiro atoms. The summed E-state index contributed by atoms with van der Waals surface area (Å²) >= 11 is 1.90. The third-order valence-corrected chi connectivity index (χ3v) is 16.4. The Bertz CT molecular complexity index is 2640. The lowest BCUT2D eigenvalue weighted by atomic mass is 9.49. The fraction of sp³-hybridized carbons (Fsp3) is 0.308. The minimum Gasteiger partial charge on any atom is -0.310 e. The lowest BCUT2D eigenvalue weighted by Gasteiger charge is -2.54. The molecule has 5 aliphatic carbocycles. The summed E-state index contributed by atoms with van der Waals surface area (Å²) in [5, 5.41) is 2.69. The SMILES string of the molecule is CC(C)(C)c1ccc(-c2ccc(N(c3ccc4sc5ccccc5c4c3)c3cccc4c3-c3ccccc3C43C4CCC5C[C@@H]6CC3C6(C5)C4)cc2)cc1.